The molecule has 0 aliphatic carbocycles. The molecule has 1 atom stereocenters. The molecule has 0 heterocycles. The van der Waals surface area contributed by atoms with Crippen molar-refractivity contribution >= 4 is 55.1 Å². The van der Waals surface area contributed by atoms with Crippen LogP contribution in [-0.2, 0) is 32.6 Å². The molecule has 0 aromatic heterocycles. The maximum absolute atomic E-state index is 14.6. The fraction of sp³-hybridized carbons (Fsp3) is 0.257. The first-order chi connectivity index (χ1) is 22.1. The quantitative estimate of drug-likeness (QED) is 0.145. The molecular weight excluding hydrogens is 690 g/mol. The average molecular weight is 727 g/mol. The third kappa shape index (κ3) is 9.11. The minimum absolute atomic E-state index is 0.0453. The van der Waals surface area contributed by atoms with E-state index in [4.69, 9.17) is 16.3 Å². The summed E-state index contributed by atoms with van der Waals surface area (Å²) in [7, 11) is -4.30. The van der Waals surface area contributed by atoms with Crippen LogP contribution < -0.4 is 14.4 Å². The van der Waals surface area contributed by atoms with E-state index in [9.17, 15) is 18.0 Å². The Labute approximate surface area is 284 Å². The lowest BCUT2D eigenvalue weighted by atomic mass is 10.0. The van der Waals surface area contributed by atoms with Crippen molar-refractivity contribution in [2.45, 2.75) is 44.2 Å². The molecule has 0 bridgehead atoms. The first-order valence-electron chi connectivity index (χ1n) is 15.0. The highest BCUT2D eigenvalue weighted by Crippen LogP contribution is 2.33. The number of benzene rings is 4. The molecule has 11 heteroatoms. The second kappa shape index (κ2) is 16.6. The van der Waals surface area contributed by atoms with Gasteiger partial charge in [-0.3, -0.25) is 13.9 Å². The zero-order valence-corrected chi connectivity index (χ0v) is 28.9. The molecule has 0 radical (unpaired) electrons. The first-order valence-corrected chi connectivity index (χ1v) is 17.6. The van der Waals surface area contributed by atoms with E-state index >= 15 is 0 Å². The van der Waals surface area contributed by atoms with Gasteiger partial charge in [0.25, 0.3) is 10.0 Å². The van der Waals surface area contributed by atoms with Gasteiger partial charge >= 0.3 is 0 Å². The van der Waals surface area contributed by atoms with E-state index in [1.54, 1.807) is 31.2 Å². The molecule has 0 aliphatic heterocycles. The van der Waals surface area contributed by atoms with Crippen LogP contribution in [-0.4, -0.2) is 50.9 Å². The largest absolute Gasteiger partial charge is 0.492 e. The maximum Gasteiger partial charge on any atom is 0.264 e. The van der Waals surface area contributed by atoms with Crippen LogP contribution in [0.2, 0.25) is 5.02 Å². The number of nitrogens with zero attached hydrogens (tertiary/aromatic N) is 2. The van der Waals surface area contributed by atoms with Gasteiger partial charge in [-0.2, -0.15) is 0 Å². The Balaban J connectivity index is 1.83. The third-order valence-electron chi connectivity index (χ3n) is 7.18. The van der Waals surface area contributed by atoms with Gasteiger partial charge in [-0.05, 0) is 73.0 Å². The average Bonchev–Trinajstić information content (AvgIpc) is 3.05. The number of para-hydroxylation sites is 2. The highest BCUT2D eigenvalue weighted by molar-refractivity contribution is 9.10. The van der Waals surface area contributed by atoms with Crippen LogP contribution >= 0.6 is 27.5 Å². The van der Waals surface area contributed by atoms with Crippen molar-refractivity contribution < 1.29 is 22.7 Å². The summed E-state index contributed by atoms with van der Waals surface area (Å²) >= 11 is 9.58. The minimum Gasteiger partial charge on any atom is -0.492 e. The smallest absolute Gasteiger partial charge is 0.264 e. The van der Waals surface area contributed by atoms with E-state index in [-0.39, 0.29) is 36.1 Å². The lowest BCUT2D eigenvalue weighted by molar-refractivity contribution is -0.140. The summed E-state index contributed by atoms with van der Waals surface area (Å²) in [5.41, 5.74) is 1.83. The second-order valence-electron chi connectivity index (χ2n) is 10.5. The van der Waals surface area contributed by atoms with Gasteiger partial charge in [-0.25, -0.2) is 8.42 Å². The molecule has 0 fully saturated rings. The van der Waals surface area contributed by atoms with Gasteiger partial charge in [0.15, 0.2) is 0 Å². The number of halogens is 2. The number of carbonyl (C=O) groups is 2. The Morgan fingerprint density at radius 2 is 1.57 bits per heavy atom. The molecule has 8 nitrogen and oxygen atoms in total. The third-order valence-corrected chi connectivity index (χ3v) is 9.70. The number of hydrogen-bond acceptors (Lipinski definition) is 5. The molecule has 0 saturated carbocycles. The summed E-state index contributed by atoms with van der Waals surface area (Å²) in [4.78, 5) is 29.8. The van der Waals surface area contributed by atoms with Crippen LogP contribution in [0, 0.1) is 0 Å². The van der Waals surface area contributed by atoms with Crippen molar-refractivity contribution in [2.75, 3.05) is 24.0 Å². The van der Waals surface area contributed by atoms with Crippen LogP contribution in [0.1, 0.15) is 31.4 Å². The highest BCUT2D eigenvalue weighted by Gasteiger charge is 2.35. The summed E-state index contributed by atoms with van der Waals surface area (Å²) < 4.78 is 36.2. The molecule has 46 heavy (non-hydrogen) atoms. The summed E-state index contributed by atoms with van der Waals surface area (Å²) in [6.07, 6.45) is 0.945. The maximum atomic E-state index is 14.6. The predicted octanol–water partition coefficient (Wildman–Crippen LogP) is 6.86. The fourth-order valence-electron chi connectivity index (χ4n) is 4.94. The van der Waals surface area contributed by atoms with E-state index in [2.05, 4.69) is 21.2 Å². The van der Waals surface area contributed by atoms with Gasteiger partial charge in [0.05, 0.1) is 17.2 Å². The fourth-order valence-corrected chi connectivity index (χ4v) is 6.94. The Kier molecular flexibility index (Phi) is 12.7. The van der Waals surface area contributed by atoms with Crippen LogP contribution in [0.5, 0.6) is 5.75 Å². The Morgan fingerprint density at radius 1 is 0.891 bits per heavy atom. The normalized spacial score (nSPS) is 11.8. The molecule has 0 aliphatic rings. The van der Waals surface area contributed by atoms with Gasteiger partial charge in [0.2, 0.25) is 11.8 Å². The molecular formula is C35H37BrClN3O5S. The van der Waals surface area contributed by atoms with Crippen LogP contribution in [0.25, 0.3) is 0 Å². The lowest BCUT2D eigenvalue weighted by Crippen LogP contribution is -2.53. The highest BCUT2D eigenvalue weighted by atomic mass is 79.9. The van der Waals surface area contributed by atoms with Crippen molar-refractivity contribution in [1.82, 2.24) is 10.2 Å². The van der Waals surface area contributed by atoms with Crippen molar-refractivity contribution in [3.8, 4) is 5.75 Å². The summed E-state index contributed by atoms with van der Waals surface area (Å²) in [5, 5.41) is 3.32. The summed E-state index contributed by atoms with van der Waals surface area (Å²) in [6, 6.07) is 28.4. The number of amides is 2. The molecule has 1 unspecified atom stereocenters. The standard InChI is InChI=1S/C35H37BrClN3O5S/c1-3-21-38-35(42)32(23-26-11-6-5-7-12-26)39(24-27-13-10-14-28(36)22-27)34(41)25-40(31-15-8-9-16-33(31)45-4-2)46(43,44)30-19-17-29(37)18-20-30/h5-20,22,32H,3-4,21,23-25H2,1-2H3,(H,38,42). The number of rotatable bonds is 15. The predicted molar refractivity (Wildman–Crippen MR) is 186 cm³/mol. The number of hydrogen-bond donors (Lipinski definition) is 1. The van der Waals surface area contributed by atoms with Gasteiger partial charge < -0.3 is 15.0 Å². The van der Waals surface area contributed by atoms with Crippen molar-refractivity contribution in [1.29, 1.82) is 0 Å². The number of sulfonamides is 1. The number of nitrogens with one attached hydrogen (secondary N) is 1. The van der Waals surface area contributed by atoms with Crippen LogP contribution in [0.15, 0.2) is 112 Å². The minimum atomic E-state index is -4.30. The zero-order valence-electron chi connectivity index (χ0n) is 25.7. The summed E-state index contributed by atoms with van der Waals surface area (Å²) in [6.45, 7) is 3.94. The molecule has 4 rings (SSSR count). The van der Waals surface area contributed by atoms with Crippen LogP contribution in [0.3, 0.4) is 0 Å². The SMILES string of the molecule is CCCNC(=O)C(Cc1ccccc1)N(Cc1cccc(Br)c1)C(=O)CN(c1ccccc1OCC)S(=O)(=O)c1ccc(Cl)cc1. The van der Waals surface area contributed by atoms with Gasteiger partial charge in [-0.15, -0.1) is 0 Å². The topological polar surface area (TPSA) is 96.0 Å². The summed E-state index contributed by atoms with van der Waals surface area (Å²) in [5.74, 6) is -0.581. The van der Waals surface area contributed by atoms with Gasteiger partial charge in [0, 0.05) is 29.0 Å². The Bertz CT molecular complexity index is 1720. The van der Waals surface area contributed by atoms with Crippen molar-refractivity contribution in [3.05, 3.63) is 124 Å². The Hall–Kier alpha value is -3.86. The molecule has 242 valence electrons. The molecule has 4 aromatic carbocycles. The van der Waals surface area contributed by atoms with Crippen molar-refractivity contribution in [2.24, 2.45) is 0 Å². The molecule has 2 amide bonds. The van der Waals surface area contributed by atoms with Crippen LogP contribution in [0.4, 0.5) is 5.69 Å². The molecule has 1 N–H and O–H groups in total. The van der Waals surface area contributed by atoms with Gasteiger partial charge in [-0.1, -0.05) is 89.1 Å². The van der Waals surface area contributed by atoms with E-state index < -0.39 is 28.5 Å². The van der Waals surface area contributed by atoms with E-state index in [0.29, 0.717) is 23.7 Å². The van der Waals surface area contributed by atoms with E-state index in [1.807, 2.05) is 61.5 Å². The van der Waals surface area contributed by atoms with Gasteiger partial charge in [0.1, 0.15) is 18.3 Å². The zero-order chi connectivity index (χ0) is 33.1. The number of carbonyl (C=O) groups excluding carboxylic acids is 2. The monoisotopic (exact) mass is 725 g/mol. The van der Waals surface area contributed by atoms with Crippen molar-refractivity contribution in [3.63, 3.8) is 0 Å². The second-order valence-corrected chi connectivity index (χ2v) is 13.7. The number of anilines is 1. The lowest BCUT2D eigenvalue weighted by Gasteiger charge is -2.34. The van der Waals surface area contributed by atoms with E-state index in [0.717, 1.165) is 19.9 Å². The molecule has 0 saturated heterocycles. The molecule has 4 aromatic rings. The molecule has 0 spiro atoms. The number of ether oxygens (including phenoxy) is 1. The Morgan fingerprint density at radius 3 is 2.24 bits per heavy atom. The van der Waals surface area contributed by atoms with E-state index in [1.165, 1.54) is 29.2 Å². The first kappa shape index (κ1) is 35.0.